The van der Waals surface area contributed by atoms with E-state index in [2.05, 4.69) is 11.6 Å². The molecule has 102 valence electrons. The van der Waals surface area contributed by atoms with E-state index in [0.717, 1.165) is 19.3 Å². The summed E-state index contributed by atoms with van der Waals surface area (Å²) in [6, 6.07) is 6.79. The highest BCUT2D eigenvalue weighted by Crippen LogP contribution is 2.15. The Bertz CT molecular complexity index is 472. The molecule has 1 aromatic carbocycles. The van der Waals surface area contributed by atoms with Gasteiger partial charge in [0.2, 0.25) is 10.0 Å². The van der Waals surface area contributed by atoms with E-state index in [9.17, 15) is 8.42 Å². The lowest BCUT2D eigenvalue weighted by Gasteiger charge is -2.15. The lowest BCUT2D eigenvalue weighted by Crippen LogP contribution is -2.33. The molecule has 0 fully saturated rings. The van der Waals surface area contributed by atoms with E-state index in [1.54, 1.807) is 24.3 Å². The minimum absolute atomic E-state index is 0.0548. The summed E-state index contributed by atoms with van der Waals surface area (Å²) >= 11 is 0. The van der Waals surface area contributed by atoms with Gasteiger partial charge in [-0.15, -0.1) is 0 Å². The number of sulfonamides is 1. The van der Waals surface area contributed by atoms with E-state index >= 15 is 0 Å². The van der Waals surface area contributed by atoms with Gasteiger partial charge in [-0.3, -0.25) is 0 Å². The van der Waals surface area contributed by atoms with Crippen LogP contribution >= 0.6 is 0 Å². The molecule has 0 heterocycles. The molecule has 0 aliphatic heterocycles. The van der Waals surface area contributed by atoms with Crippen LogP contribution in [0.25, 0.3) is 0 Å². The average Bonchev–Trinajstić information content (AvgIpc) is 2.35. The Labute approximate surface area is 110 Å². The van der Waals surface area contributed by atoms with Crippen molar-refractivity contribution in [1.82, 2.24) is 4.72 Å². The maximum atomic E-state index is 12.2. The molecule has 0 aromatic heterocycles. The molecule has 0 aliphatic rings. The molecule has 1 aromatic rings. The summed E-state index contributed by atoms with van der Waals surface area (Å²) in [6.45, 7) is 4.20. The number of nitrogens with two attached hydrogens (primary N) is 1. The van der Waals surface area contributed by atoms with Gasteiger partial charge in [0.05, 0.1) is 4.90 Å². The molecular formula is C13H22N2O2S. The molecule has 0 saturated heterocycles. The summed E-state index contributed by atoms with van der Waals surface area (Å²) < 4.78 is 27.1. The third-order valence-electron chi connectivity index (χ3n) is 2.83. The number of hydrogen-bond acceptors (Lipinski definition) is 3. The maximum Gasteiger partial charge on any atom is 0.241 e. The Morgan fingerprint density at radius 2 is 2.00 bits per heavy atom. The SMILES string of the molecule is CCCCC(C)NS(=O)(=O)c1ccccc1CN. The van der Waals surface area contributed by atoms with E-state index in [0.29, 0.717) is 5.56 Å². The van der Waals surface area contributed by atoms with E-state index in [1.165, 1.54) is 0 Å². The van der Waals surface area contributed by atoms with Crippen molar-refractivity contribution in [3.05, 3.63) is 29.8 Å². The van der Waals surface area contributed by atoms with Crippen LogP contribution in [-0.4, -0.2) is 14.5 Å². The second-order valence-electron chi connectivity index (χ2n) is 4.48. The lowest BCUT2D eigenvalue weighted by atomic mass is 10.2. The normalized spacial score (nSPS) is 13.5. The Morgan fingerprint density at radius 3 is 2.61 bits per heavy atom. The van der Waals surface area contributed by atoms with E-state index in [1.807, 2.05) is 6.92 Å². The zero-order chi connectivity index (χ0) is 13.6. The Balaban J connectivity index is 2.86. The molecule has 18 heavy (non-hydrogen) atoms. The molecule has 4 nitrogen and oxygen atoms in total. The molecule has 3 N–H and O–H groups in total. The molecular weight excluding hydrogens is 248 g/mol. The summed E-state index contributed by atoms with van der Waals surface area (Å²) in [5.41, 5.74) is 6.21. The first kappa shape index (κ1) is 15.1. The number of rotatable bonds is 7. The first-order chi connectivity index (χ1) is 8.51. The van der Waals surface area contributed by atoms with Crippen LogP contribution in [0.1, 0.15) is 38.7 Å². The van der Waals surface area contributed by atoms with Gasteiger partial charge in [0.25, 0.3) is 0 Å². The second kappa shape index (κ2) is 6.87. The average molecular weight is 270 g/mol. The van der Waals surface area contributed by atoms with Crippen molar-refractivity contribution in [2.75, 3.05) is 0 Å². The van der Waals surface area contributed by atoms with Gasteiger partial charge < -0.3 is 5.73 Å². The van der Waals surface area contributed by atoms with Crippen molar-refractivity contribution in [2.45, 2.75) is 50.6 Å². The lowest BCUT2D eigenvalue weighted by molar-refractivity contribution is 0.533. The molecule has 0 saturated carbocycles. The van der Waals surface area contributed by atoms with Crippen LogP contribution in [0.4, 0.5) is 0 Å². The summed E-state index contributed by atoms with van der Waals surface area (Å²) in [4.78, 5) is 0.288. The van der Waals surface area contributed by atoms with E-state index in [4.69, 9.17) is 5.73 Å². The molecule has 1 atom stereocenters. The minimum atomic E-state index is -3.46. The third-order valence-corrected chi connectivity index (χ3v) is 4.52. The van der Waals surface area contributed by atoms with Crippen LogP contribution in [0.15, 0.2) is 29.2 Å². The van der Waals surface area contributed by atoms with Crippen LogP contribution in [0, 0.1) is 0 Å². The number of unbranched alkanes of at least 4 members (excludes halogenated alkanes) is 1. The molecule has 0 bridgehead atoms. The molecule has 5 heteroatoms. The molecule has 0 radical (unpaired) electrons. The van der Waals surface area contributed by atoms with Gasteiger partial charge in [-0.25, -0.2) is 13.1 Å². The van der Waals surface area contributed by atoms with E-state index < -0.39 is 10.0 Å². The topological polar surface area (TPSA) is 72.2 Å². The van der Waals surface area contributed by atoms with Crippen molar-refractivity contribution in [2.24, 2.45) is 5.73 Å². The summed E-state index contributed by atoms with van der Waals surface area (Å²) in [7, 11) is -3.46. The van der Waals surface area contributed by atoms with Crippen molar-refractivity contribution in [1.29, 1.82) is 0 Å². The summed E-state index contributed by atoms with van der Waals surface area (Å²) in [5, 5.41) is 0. The summed E-state index contributed by atoms with van der Waals surface area (Å²) in [5.74, 6) is 0. The van der Waals surface area contributed by atoms with E-state index in [-0.39, 0.29) is 17.5 Å². The fourth-order valence-corrected chi connectivity index (χ4v) is 3.36. The van der Waals surface area contributed by atoms with Gasteiger partial charge >= 0.3 is 0 Å². The number of hydrogen-bond donors (Lipinski definition) is 2. The Kier molecular flexibility index (Phi) is 5.78. The van der Waals surface area contributed by atoms with Gasteiger partial charge in [-0.2, -0.15) is 0 Å². The molecule has 0 spiro atoms. The first-order valence-electron chi connectivity index (χ1n) is 6.31. The fourth-order valence-electron chi connectivity index (χ4n) is 1.83. The highest BCUT2D eigenvalue weighted by atomic mass is 32.2. The zero-order valence-electron chi connectivity index (χ0n) is 11.0. The van der Waals surface area contributed by atoms with Gasteiger partial charge in [0.15, 0.2) is 0 Å². The third kappa shape index (κ3) is 4.08. The number of nitrogens with one attached hydrogen (secondary N) is 1. The van der Waals surface area contributed by atoms with Gasteiger partial charge in [-0.1, -0.05) is 38.0 Å². The largest absolute Gasteiger partial charge is 0.326 e. The highest BCUT2D eigenvalue weighted by molar-refractivity contribution is 7.89. The first-order valence-corrected chi connectivity index (χ1v) is 7.80. The van der Waals surface area contributed by atoms with Gasteiger partial charge in [0.1, 0.15) is 0 Å². The van der Waals surface area contributed by atoms with Crippen molar-refractivity contribution < 1.29 is 8.42 Å². The van der Waals surface area contributed by atoms with Crippen LogP contribution in [0.3, 0.4) is 0 Å². The maximum absolute atomic E-state index is 12.2. The second-order valence-corrected chi connectivity index (χ2v) is 6.16. The standard InChI is InChI=1S/C13H22N2O2S/c1-3-4-7-11(2)15-18(16,17)13-9-6-5-8-12(13)10-14/h5-6,8-9,11,15H,3-4,7,10,14H2,1-2H3. The quantitative estimate of drug-likeness (QED) is 0.796. The Hall–Kier alpha value is -0.910. The van der Waals surface area contributed by atoms with Crippen molar-refractivity contribution in [3.63, 3.8) is 0 Å². The van der Waals surface area contributed by atoms with Crippen molar-refractivity contribution in [3.8, 4) is 0 Å². The van der Waals surface area contributed by atoms with Gasteiger partial charge in [-0.05, 0) is 25.0 Å². The molecule has 0 aliphatic carbocycles. The van der Waals surface area contributed by atoms with Crippen molar-refractivity contribution >= 4 is 10.0 Å². The fraction of sp³-hybridized carbons (Fsp3) is 0.538. The van der Waals surface area contributed by atoms with Crippen LogP contribution in [-0.2, 0) is 16.6 Å². The zero-order valence-corrected chi connectivity index (χ0v) is 11.8. The molecule has 0 amide bonds. The Morgan fingerprint density at radius 1 is 1.33 bits per heavy atom. The van der Waals surface area contributed by atoms with Gasteiger partial charge in [0, 0.05) is 12.6 Å². The highest BCUT2D eigenvalue weighted by Gasteiger charge is 2.19. The number of benzene rings is 1. The summed E-state index contributed by atoms with van der Waals surface area (Å²) in [6.07, 6.45) is 2.92. The molecule has 1 rings (SSSR count). The predicted octanol–water partition coefficient (Wildman–Crippen LogP) is 2.00. The molecule has 1 unspecified atom stereocenters. The van der Waals surface area contributed by atoms with Crippen LogP contribution in [0.2, 0.25) is 0 Å². The van der Waals surface area contributed by atoms with Crippen LogP contribution < -0.4 is 10.5 Å². The predicted molar refractivity (Wildman–Crippen MR) is 73.6 cm³/mol. The smallest absolute Gasteiger partial charge is 0.241 e. The monoisotopic (exact) mass is 270 g/mol. The van der Waals surface area contributed by atoms with Crippen LogP contribution in [0.5, 0.6) is 0 Å². The minimum Gasteiger partial charge on any atom is -0.326 e.